The first-order valence-electron chi connectivity index (χ1n) is 5.61. The normalized spacial score (nSPS) is 27.9. The monoisotopic (exact) mass is 208 g/mol. The van der Waals surface area contributed by atoms with Gasteiger partial charge in [0.2, 0.25) is 5.95 Å². The van der Waals surface area contributed by atoms with Crippen molar-refractivity contribution in [2.75, 3.05) is 18.9 Å². The number of nitrogens with one attached hydrogen (secondary N) is 1. The number of likely N-dealkylation sites (tertiary alicyclic amines) is 1. The molecule has 1 N–H and O–H groups in total. The number of hydrogen-bond donors (Lipinski definition) is 1. The minimum Gasteiger partial charge on any atom is -0.353 e. The van der Waals surface area contributed by atoms with Gasteiger partial charge in [-0.1, -0.05) is 0 Å². The molecule has 1 fully saturated rings. The third-order valence-electron chi connectivity index (χ3n) is 3.36. The smallest absolute Gasteiger partial charge is 0.202 e. The lowest BCUT2D eigenvalue weighted by molar-refractivity contribution is 0.189. The molecule has 0 spiro atoms. The summed E-state index contributed by atoms with van der Waals surface area (Å²) in [5.74, 6) is 0.983. The Morgan fingerprint density at radius 1 is 1.47 bits per heavy atom. The van der Waals surface area contributed by atoms with E-state index in [1.165, 1.54) is 19.4 Å². The molecule has 1 saturated heterocycles. The van der Waals surface area contributed by atoms with Gasteiger partial charge >= 0.3 is 0 Å². The van der Waals surface area contributed by atoms with Crippen molar-refractivity contribution in [2.24, 2.45) is 7.05 Å². The predicted octanol–water partition coefficient (Wildman–Crippen LogP) is 1.31. The highest BCUT2D eigenvalue weighted by atomic mass is 15.2. The molecule has 1 aliphatic heterocycles. The van der Waals surface area contributed by atoms with Crippen LogP contribution in [0.2, 0.25) is 0 Å². The van der Waals surface area contributed by atoms with Crippen LogP contribution in [0.15, 0.2) is 12.4 Å². The van der Waals surface area contributed by atoms with Gasteiger partial charge in [0.1, 0.15) is 0 Å². The first kappa shape index (κ1) is 10.5. The highest BCUT2D eigenvalue weighted by Gasteiger charge is 2.23. The Balaban J connectivity index is 1.94. The molecule has 0 aliphatic carbocycles. The quantitative estimate of drug-likeness (QED) is 0.795. The zero-order valence-corrected chi connectivity index (χ0v) is 9.77. The molecule has 1 aromatic rings. The van der Waals surface area contributed by atoms with E-state index >= 15 is 0 Å². The average Bonchev–Trinajstić information content (AvgIpc) is 2.59. The molecule has 2 unspecified atom stereocenters. The second-order valence-corrected chi connectivity index (χ2v) is 4.56. The molecule has 2 rings (SSSR count). The van der Waals surface area contributed by atoms with Crippen molar-refractivity contribution in [1.82, 2.24) is 14.5 Å². The maximum absolute atomic E-state index is 4.29. The highest BCUT2D eigenvalue weighted by molar-refractivity contribution is 5.27. The van der Waals surface area contributed by atoms with Gasteiger partial charge in [-0.05, 0) is 26.8 Å². The summed E-state index contributed by atoms with van der Waals surface area (Å²) in [4.78, 5) is 6.71. The van der Waals surface area contributed by atoms with Crippen molar-refractivity contribution in [1.29, 1.82) is 0 Å². The van der Waals surface area contributed by atoms with Crippen LogP contribution in [-0.2, 0) is 7.05 Å². The fourth-order valence-electron chi connectivity index (χ4n) is 2.11. The summed E-state index contributed by atoms with van der Waals surface area (Å²) in [5.41, 5.74) is 0. The summed E-state index contributed by atoms with van der Waals surface area (Å²) in [6, 6.07) is 1.23. The molecule has 15 heavy (non-hydrogen) atoms. The van der Waals surface area contributed by atoms with Crippen LogP contribution >= 0.6 is 0 Å². The van der Waals surface area contributed by atoms with Crippen LogP contribution in [0.3, 0.4) is 0 Å². The van der Waals surface area contributed by atoms with E-state index in [0.717, 1.165) is 5.95 Å². The Hall–Kier alpha value is -1.03. The lowest BCUT2D eigenvalue weighted by atomic mass is 9.99. The fourth-order valence-corrected chi connectivity index (χ4v) is 2.11. The maximum atomic E-state index is 4.29. The van der Waals surface area contributed by atoms with Crippen LogP contribution in [0.1, 0.15) is 19.8 Å². The molecule has 4 heteroatoms. The largest absolute Gasteiger partial charge is 0.353 e. The molecule has 2 heterocycles. The number of rotatable bonds is 2. The van der Waals surface area contributed by atoms with E-state index in [1.807, 2.05) is 24.0 Å². The molecule has 4 nitrogen and oxygen atoms in total. The zero-order chi connectivity index (χ0) is 10.8. The molecule has 0 bridgehead atoms. The van der Waals surface area contributed by atoms with E-state index in [1.54, 1.807) is 0 Å². The predicted molar refractivity (Wildman–Crippen MR) is 61.9 cm³/mol. The van der Waals surface area contributed by atoms with E-state index in [9.17, 15) is 0 Å². The zero-order valence-electron chi connectivity index (χ0n) is 9.77. The molecule has 1 aliphatic rings. The number of hydrogen-bond acceptors (Lipinski definition) is 3. The molecule has 0 radical (unpaired) electrons. The van der Waals surface area contributed by atoms with Gasteiger partial charge in [-0.3, -0.25) is 0 Å². The summed E-state index contributed by atoms with van der Waals surface area (Å²) < 4.78 is 2.03. The Morgan fingerprint density at radius 2 is 2.27 bits per heavy atom. The van der Waals surface area contributed by atoms with Gasteiger partial charge in [0.25, 0.3) is 0 Å². The number of piperidine rings is 1. The third-order valence-corrected chi connectivity index (χ3v) is 3.36. The molecular formula is C11H20N4. The summed E-state index contributed by atoms with van der Waals surface area (Å²) in [7, 11) is 4.22. The SMILES string of the molecule is CC1CC(Nc2nccn2C)CCN1C. The maximum Gasteiger partial charge on any atom is 0.202 e. The fraction of sp³-hybridized carbons (Fsp3) is 0.727. The topological polar surface area (TPSA) is 33.1 Å². The molecular weight excluding hydrogens is 188 g/mol. The molecule has 0 saturated carbocycles. The second kappa shape index (κ2) is 4.23. The van der Waals surface area contributed by atoms with E-state index in [4.69, 9.17) is 0 Å². The van der Waals surface area contributed by atoms with E-state index in [0.29, 0.717) is 12.1 Å². The first-order chi connectivity index (χ1) is 7.16. The van der Waals surface area contributed by atoms with Gasteiger partial charge in [-0.15, -0.1) is 0 Å². The molecule has 1 aromatic heterocycles. The second-order valence-electron chi connectivity index (χ2n) is 4.56. The van der Waals surface area contributed by atoms with Crippen LogP contribution in [0, 0.1) is 0 Å². The summed E-state index contributed by atoms with van der Waals surface area (Å²) in [6.07, 6.45) is 6.21. The Bertz CT molecular complexity index is 320. The summed E-state index contributed by atoms with van der Waals surface area (Å²) >= 11 is 0. The van der Waals surface area contributed by atoms with Crippen molar-refractivity contribution in [3.05, 3.63) is 12.4 Å². The van der Waals surface area contributed by atoms with Crippen molar-refractivity contribution in [2.45, 2.75) is 31.8 Å². The van der Waals surface area contributed by atoms with Gasteiger partial charge < -0.3 is 14.8 Å². The standard InChI is InChI=1S/C11H20N4/c1-9-8-10(4-6-14(9)2)13-11-12-5-7-15(11)3/h5,7,9-10H,4,6,8H2,1-3H3,(H,12,13). The van der Waals surface area contributed by atoms with Crippen molar-refractivity contribution in [3.63, 3.8) is 0 Å². The number of aromatic nitrogens is 2. The van der Waals surface area contributed by atoms with Gasteiger partial charge in [0.15, 0.2) is 0 Å². The van der Waals surface area contributed by atoms with Crippen LogP contribution < -0.4 is 5.32 Å². The van der Waals surface area contributed by atoms with Gasteiger partial charge in [0, 0.05) is 38.1 Å². The lowest BCUT2D eigenvalue weighted by Crippen LogP contribution is -2.42. The lowest BCUT2D eigenvalue weighted by Gasteiger charge is -2.35. The van der Waals surface area contributed by atoms with Crippen LogP contribution in [0.5, 0.6) is 0 Å². The van der Waals surface area contributed by atoms with Crippen molar-refractivity contribution < 1.29 is 0 Å². The minimum absolute atomic E-state index is 0.567. The van der Waals surface area contributed by atoms with Gasteiger partial charge in [-0.2, -0.15) is 0 Å². The van der Waals surface area contributed by atoms with E-state index in [-0.39, 0.29) is 0 Å². The molecule has 0 amide bonds. The van der Waals surface area contributed by atoms with Gasteiger partial charge in [-0.25, -0.2) is 4.98 Å². The number of nitrogens with zero attached hydrogens (tertiary/aromatic N) is 3. The molecule has 84 valence electrons. The number of aryl methyl sites for hydroxylation is 1. The van der Waals surface area contributed by atoms with E-state index in [2.05, 4.69) is 29.2 Å². The molecule has 2 atom stereocenters. The average molecular weight is 208 g/mol. The van der Waals surface area contributed by atoms with Crippen LogP contribution in [-0.4, -0.2) is 40.1 Å². The summed E-state index contributed by atoms with van der Waals surface area (Å²) in [5, 5.41) is 3.51. The number of imidazole rings is 1. The Labute approximate surface area is 91.3 Å². The Morgan fingerprint density at radius 3 is 2.87 bits per heavy atom. The van der Waals surface area contributed by atoms with Crippen molar-refractivity contribution in [3.8, 4) is 0 Å². The first-order valence-corrected chi connectivity index (χ1v) is 5.61. The van der Waals surface area contributed by atoms with Crippen LogP contribution in [0.4, 0.5) is 5.95 Å². The summed E-state index contributed by atoms with van der Waals surface area (Å²) in [6.45, 7) is 3.45. The molecule has 0 aromatic carbocycles. The number of anilines is 1. The highest BCUT2D eigenvalue weighted by Crippen LogP contribution is 2.18. The minimum atomic E-state index is 0.567. The van der Waals surface area contributed by atoms with Gasteiger partial charge in [0.05, 0.1) is 0 Å². The third kappa shape index (κ3) is 2.31. The van der Waals surface area contributed by atoms with Crippen molar-refractivity contribution >= 4 is 5.95 Å². The Kier molecular flexibility index (Phi) is 2.95. The van der Waals surface area contributed by atoms with Crippen LogP contribution in [0.25, 0.3) is 0 Å². The van der Waals surface area contributed by atoms with E-state index < -0.39 is 0 Å².